The molecule has 1 atom stereocenters. The molecular formula is C7H13NO3. The van der Waals surface area contributed by atoms with Crippen molar-refractivity contribution in [3.63, 3.8) is 0 Å². The van der Waals surface area contributed by atoms with Crippen molar-refractivity contribution >= 4 is 5.97 Å². The fourth-order valence-corrected chi connectivity index (χ4v) is 1.14. The molecule has 1 heterocycles. The number of carbonyl (C=O) groups is 1. The van der Waals surface area contributed by atoms with Crippen LogP contribution in [-0.2, 0) is 9.53 Å². The van der Waals surface area contributed by atoms with E-state index in [0.29, 0.717) is 13.2 Å². The van der Waals surface area contributed by atoms with Crippen molar-refractivity contribution in [1.82, 2.24) is 5.32 Å². The smallest absolute Gasteiger partial charge is 0.303 e. The highest BCUT2D eigenvalue weighted by Gasteiger charge is 2.14. The number of hydrogen-bond donors (Lipinski definition) is 2. The summed E-state index contributed by atoms with van der Waals surface area (Å²) in [6.45, 7) is 2.85. The van der Waals surface area contributed by atoms with Crippen LogP contribution >= 0.6 is 0 Å². The Morgan fingerprint density at radius 2 is 2.55 bits per heavy atom. The fraction of sp³-hybridized carbons (Fsp3) is 0.857. The summed E-state index contributed by atoms with van der Waals surface area (Å²) in [6.07, 6.45) is 0.201. The van der Waals surface area contributed by atoms with Gasteiger partial charge in [0.05, 0.1) is 19.6 Å². The minimum absolute atomic E-state index is 0.134. The molecule has 2 N–H and O–H groups in total. The number of ether oxygens (including phenoxy) is 1. The van der Waals surface area contributed by atoms with E-state index < -0.39 is 5.97 Å². The predicted molar refractivity (Wildman–Crippen MR) is 39.4 cm³/mol. The van der Waals surface area contributed by atoms with Gasteiger partial charge in [0.25, 0.3) is 0 Å². The molecule has 64 valence electrons. The Balaban J connectivity index is 2.25. The summed E-state index contributed by atoms with van der Waals surface area (Å²) in [7, 11) is 0. The van der Waals surface area contributed by atoms with Crippen LogP contribution in [0.25, 0.3) is 0 Å². The first-order chi connectivity index (χ1) is 5.29. The van der Waals surface area contributed by atoms with Crippen molar-refractivity contribution in [3.05, 3.63) is 0 Å². The van der Waals surface area contributed by atoms with Gasteiger partial charge in [-0.15, -0.1) is 0 Å². The lowest BCUT2D eigenvalue weighted by Crippen LogP contribution is -2.24. The van der Waals surface area contributed by atoms with E-state index in [9.17, 15) is 4.79 Å². The molecule has 1 aliphatic heterocycles. The molecule has 4 nitrogen and oxygen atoms in total. The van der Waals surface area contributed by atoms with Crippen LogP contribution in [0.4, 0.5) is 0 Å². The zero-order valence-electron chi connectivity index (χ0n) is 6.38. The van der Waals surface area contributed by atoms with E-state index in [1.807, 2.05) is 0 Å². The highest BCUT2D eigenvalue weighted by molar-refractivity contribution is 5.67. The Hall–Kier alpha value is -0.610. The lowest BCUT2D eigenvalue weighted by molar-refractivity contribution is -0.138. The van der Waals surface area contributed by atoms with Crippen molar-refractivity contribution in [2.24, 2.45) is 5.92 Å². The van der Waals surface area contributed by atoms with Gasteiger partial charge in [0, 0.05) is 19.0 Å². The van der Waals surface area contributed by atoms with Crippen LogP contribution in [0.15, 0.2) is 0 Å². The van der Waals surface area contributed by atoms with Crippen molar-refractivity contribution in [1.29, 1.82) is 0 Å². The summed E-state index contributed by atoms with van der Waals surface area (Å²) in [5.41, 5.74) is 0. The first-order valence-electron chi connectivity index (χ1n) is 3.79. The second-order valence-electron chi connectivity index (χ2n) is 2.74. The molecule has 1 saturated heterocycles. The van der Waals surface area contributed by atoms with Crippen LogP contribution < -0.4 is 5.32 Å². The highest BCUT2D eigenvalue weighted by Crippen LogP contribution is 2.04. The lowest BCUT2D eigenvalue weighted by Gasteiger charge is -2.09. The Morgan fingerprint density at radius 3 is 3.27 bits per heavy atom. The molecule has 0 bridgehead atoms. The van der Waals surface area contributed by atoms with Crippen molar-refractivity contribution in [3.8, 4) is 0 Å². The third-order valence-corrected chi connectivity index (χ3v) is 1.67. The Bertz CT molecular complexity index is 130. The third-order valence-electron chi connectivity index (χ3n) is 1.67. The van der Waals surface area contributed by atoms with Gasteiger partial charge in [-0.3, -0.25) is 4.79 Å². The number of rotatable bonds is 2. The largest absolute Gasteiger partial charge is 0.481 e. The molecule has 0 aromatic rings. The molecule has 11 heavy (non-hydrogen) atoms. The van der Waals surface area contributed by atoms with Crippen LogP contribution in [0.3, 0.4) is 0 Å². The number of carboxylic acid groups (broad SMARTS) is 1. The van der Waals surface area contributed by atoms with E-state index in [4.69, 9.17) is 9.84 Å². The van der Waals surface area contributed by atoms with E-state index >= 15 is 0 Å². The van der Waals surface area contributed by atoms with E-state index in [0.717, 1.165) is 13.1 Å². The van der Waals surface area contributed by atoms with Crippen molar-refractivity contribution in [2.45, 2.75) is 6.42 Å². The van der Waals surface area contributed by atoms with Gasteiger partial charge in [-0.2, -0.15) is 0 Å². The Morgan fingerprint density at radius 1 is 1.73 bits per heavy atom. The maximum absolute atomic E-state index is 10.3. The Labute approximate surface area is 65.5 Å². The maximum atomic E-state index is 10.3. The van der Waals surface area contributed by atoms with Gasteiger partial charge in [0.2, 0.25) is 0 Å². The molecule has 0 aromatic heterocycles. The van der Waals surface area contributed by atoms with Crippen LogP contribution in [-0.4, -0.2) is 37.4 Å². The SMILES string of the molecule is O=C(O)CC1CNCCOC1. The molecule has 1 unspecified atom stereocenters. The number of nitrogens with one attached hydrogen (secondary N) is 1. The summed E-state index contributed by atoms with van der Waals surface area (Å²) >= 11 is 0. The zero-order valence-corrected chi connectivity index (χ0v) is 6.38. The third kappa shape index (κ3) is 3.34. The molecule has 4 heteroatoms. The minimum Gasteiger partial charge on any atom is -0.481 e. The van der Waals surface area contributed by atoms with Gasteiger partial charge >= 0.3 is 5.97 Å². The van der Waals surface area contributed by atoms with Crippen molar-refractivity contribution < 1.29 is 14.6 Å². The van der Waals surface area contributed by atoms with Gasteiger partial charge in [0.1, 0.15) is 0 Å². The fourth-order valence-electron chi connectivity index (χ4n) is 1.14. The van der Waals surface area contributed by atoms with Crippen LogP contribution in [0.5, 0.6) is 0 Å². The lowest BCUT2D eigenvalue weighted by atomic mass is 10.1. The molecule has 0 saturated carbocycles. The van der Waals surface area contributed by atoms with Crippen molar-refractivity contribution in [2.75, 3.05) is 26.3 Å². The van der Waals surface area contributed by atoms with Gasteiger partial charge in [-0.25, -0.2) is 0 Å². The number of hydrogen-bond acceptors (Lipinski definition) is 3. The molecule has 1 aliphatic rings. The summed E-state index contributed by atoms with van der Waals surface area (Å²) < 4.78 is 5.18. The van der Waals surface area contributed by atoms with Crippen LogP contribution in [0.2, 0.25) is 0 Å². The average molecular weight is 159 g/mol. The van der Waals surface area contributed by atoms with Gasteiger partial charge in [-0.1, -0.05) is 0 Å². The molecule has 0 radical (unpaired) electrons. The summed E-state index contributed by atoms with van der Waals surface area (Å²) in [6, 6.07) is 0. The molecule has 1 rings (SSSR count). The van der Waals surface area contributed by atoms with Gasteiger partial charge < -0.3 is 15.2 Å². The second kappa shape index (κ2) is 4.31. The average Bonchev–Trinajstić information content (AvgIpc) is 2.14. The standard InChI is InChI=1S/C7H13NO3/c9-7(10)3-6-4-8-1-2-11-5-6/h6,8H,1-5H2,(H,9,10). The normalized spacial score (nSPS) is 26.0. The van der Waals surface area contributed by atoms with E-state index in [2.05, 4.69) is 5.32 Å². The number of carboxylic acids is 1. The monoisotopic (exact) mass is 159 g/mol. The van der Waals surface area contributed by atoms with Gasteiger partial charge in [0.15, 0.2) is 0 Å². The summed E-state index contributed by atoms with van der Waals surface area (Å²) in [5, 5.41) is 11.6. The molecule has 1 fully saturated rings. The highest BCUT2D eigenvalue weighted by atomic mass is 16.5. The predicted octanol–water partition coefficient (Wildman–Crippen LogP) is -0.303. The second-order valence-corrected chi connectivity index (χ2v) is 2.74. The summed E-state index contributed by atoms with van der Waals surface area (Å²) in [5.74, 6) is -0.614. The quantitative estimate of drug-likeness (QED) is 0.580. The molecule has 0 spiro atoms. The molecular weight excluding hydrogens is 146 g/mol. The number of aliphatic carboxylic acids is 1. The van der Waals surface area contributed by atoms with E-state index in [1.54, 1.807) is 0 Å². The van der Waals surface area contributed by atoms with Crippen LogP contribution in [0, 0.1) is 5.92 Å². The van der Waals surface area contributed by atoms with Gasteiger partial charge in [-0.05, 0) is 0 Å². The maximum Gasteiger partial charge on any atom is 0.303 e. The molecule has 0 aromatic carbocycles. The summed E-state index contributed by atoms with van der Waals surface area (Å²) in [4.78, 5) is 10.3. The zero-order chi connectivity index (χ0) is 8.10. The van der Waals surface area contributed by atoms with E-state index in [-0.39, 0.29) is 12.3 Å². The molecule has 0 aliphatic carbocycles. The first kappa shape index (κ1) is 8.49. The van der Waals surface area contributed by atoms with E-state index in [1.165, 1.54) is 0 Å². The molecule has 0 amide bonds. The first-order valence-corrected chi connectivity index (χ1v) is 3.79. The minimum atomic E-state index is -0.748. The topological polar surface area (TPSA) is 58.6 Å². The Kier molecular flexibility index (Phi) is 3.32. The van der Waals surface area contributed by atoms with Crippen LogP contribution in [0.1, 0.15) is 6.42 Å².